The van der Waals surface area contributed by atoms with Gasteiger partial charge in [-0.1, -0.05) is 44.2 Å². The quantitative estimate of drug-likeness (QED) is 0.347. The summed E-state index contributed by atoms with van der Waals surface area (Å²) >= 11 is 0. The Morgan fingerprint density at radius 1 is 0.667 bits per heavy atom. The van der Waals surface area contributed by atoms with Gasteiger partial charge in [-0.25, -0.2) is 0 Å². The van der Waals surface area contributed by atoms with Crippen molar-refractivity contribution in [3.05, 3.63) is 59.7 Å². The van der Waals surface area contributed by atoms with Crippen LogP contribution in [0.25, 0.3) is 43.6 Å². The summed E-state index contributed by atoms with van der Waals surface area (Å²) in [6.45, 7) is 4.00. The first-order chi connectivity index (χ1) is 11.9. The second-order valence-electron chi connectivity index (χ2n) is 6.34. The van der Waals surface area contributed by atoms with Crippen LogP contribution < -0.4 is 0 Å². The van der Waals surface area contributed by atoms with E-state index in [4.69, 9.17) is 0 Å². The number of H-pyrrole nitrogens is 2. The highest BCUT2D eigenvalue weighted by Gasteiger charge is 2.20. The normalized spacial score (nSPS) is 13.1. The Hall–Kier alpha value is -2.74. The molecule has 0 amide bonds. The summed E-state index contributed by atoms with van der Waals surface area (Å²) in [5.41, 5.74) is 7.95. The number of fused-ring (bicyclic) bond motifs is 4. The summed E-state index contributed by atoms with van der Waals surface area (Å²) in [4.78, 5) is 7.29. The zero-order valence-electron chi connectivity index (χ0n) is 14.0. The number of hydrogen-bond donors (Lipinski definition) is 2. The zero-order valence-corrected chi connectivity index (χ0v) is 14.0. The van der Waals surface area contributed by atoms with Gasteiger partial charge in [-0.05, 0) is 42.2 Å². The molecule has 2 N–H and O–H groups in total. The minimum atomic E-state index is 1.13. The first kappa shape index (κ1) is 13.7. The Kier molecular flexibility index (Phi) is 2.78. The lowest BCUT2D eigenvalue weighted by atomic mass is 9.90. The third kappa shape index (κ3) is 1.60. The molecule has 3 aromatic carbocycles. The van der Waals surface area contributed by atoms with Crippen LogP contribution >= 0.6 is 0 Å². The molecule has 0 spiro atoms. The molecule has 0 bridgehead atoms. The highest BCUT2D eigenvalue weighted by Crippen LogP contribution is 2.41. The molecule has 2 nitrogen and oxygen atoms in total. The van der Waals surface area contributed by atoms with Crippen molar-refractivity contribution in [3.8, 4) is 0 Å². The van der Waals surface area contributed by atoms with Crippen LogP contribution in [0.1, 0.15) is 25.0 Å². The summed E-state index contributed by atoms with van der Waals surface area (Å²) in [5, 5.41) is 5.52. The first-order valence-electron chi connectivity index (χ1n) is 8.86. The Balaban J connectivity index is 0.000000632. The maximum atomic E-state index is 3.67. The highest BCUT2D eigenvalue weighted by atomic mass is 14.8. The van der Waals surface area contributed by atoms with Crippen LogP contribution in [0, 0.1) is 0 Å². The van der Waals surface area contributed by atoms with Gasteiger partial charge < -0.3 is 9.97 Å². The van der Waals surface area contributed by atoms with Crippen molar-refractivity contribution in [3.63, 3.8) is 0 Å². The molecular formula is C22H20N2. The van der Waals surface area contributed by atoms with Crippen LogP contribution in [0.15, 0.2) is 48.5 Å². The van der Waals surface area contributed by atoms with Gasteiger partial charge in [0.15, 0.2) is 0 Å². The average Bonchev–Trinajstić information content (AvgIpc) is 3.21. The number of nitrogens with one attached hydrogen (secondary N) is 2. The van der Waals surface area contributed by atoms with Gasteiger partial charge in [-0.15, -0.1) is 0 Å². The molecule has 0 saturated carbocycles. The summed E-state index contributed by atoms with van der Waals surface area (Å²) in [6.07, 6.45) is 2.28. The van der Waals surface area contributed by atoms with Crippen molar-refractivity contribution in [2.75, 3.05) is 0 Å². The van der Waals surface area contributed by atoms with Crippen molar-refractivity contribution in [1.29, 1.82) is 0 Å². The van der Waals surface area contributed by atoms with Gasteiger partial charge in [-0.3, -0.25) is 0 Å². The van der Waals surface area contributed by atoms with Crippen LogP contribution in [-0.4, -0.2) is 9.97 Å². The molecule has 6 rings (SSSR count). The SMILES string of the molecule is CC.c1ccc2c(c1)[nH]c1c2cc2c3c1[nH]c1cccc(c13)CC2. The number of aromatic amines is 2. The van der Waals surface area contributed by atoms with Crippen molar-refractivity contribution < 1.29 is 0 Å². The van der Waals surface area contributed by atoms with E-state index in [1.807, 2.05) is 13.8 Å². The summed E-state index contributed by atoms with van der Waals surface area (Å²) in [7, 11) is 0. The largest absolute Gasteiger partial charge is 0.353 e. The topological polar surface area (TPSA) is 31.6 Å². The molecule has 0 saturated heterocycles. The lowest BCUT2D eigenvalue weighted by Crippen LogP contribution is -1.98. The second-order valence-corrected chi connectivity index (χ2v) is 6.34. The van der Waals surface area contributed by atoms with Crippen LogP contribution in [0.3, 0.4) is 0 Å². The van der Waals surface area contributed by atoms with Gasteiger partial charge in [0.25, 0.3) is 0 Å². The van der Waals surface area contributed by atoms with Gasteiger partial charge in [0.1, 0.15) is 0 Å². The van der Waals surface area contributed by atoms with Crippen LogP contribution in [0.2, 0.25) is 0 Å². The number of para-hydroxylation sites is 1. The van der Waals surface area contributed by atoms with E-state index in [9.17, 15) is 0 Å². The van der Waals surface area contributed by atoms with E-state index in [1.54, 1.807) is 0 Å². The standard InChI is InChI=1S/C20H14N2.C2H6/c1-2-6-15-13(5-1)14-10-12-9-8-11-4-3-7-16-17(11)18(12)20(22-16)19(14)21-15;1-2/h1-7,10,21-22H,8-9H2;1-2H3. The molecule has 0 unspecified atom stereocenters. The van der Waals surface area contributed by atoms with E-state index < -0.39 is 0 Å². The highest BCUT2D eigenvalue weighted by molar-refractivity contribution is 6.23. The smallest absolute Gasteiger partial charge is 0.0713 e. The number of rotatable bonds is 0. The van der Waals surface area contributed by atoms with E-state index in [1.165, 1.54) is 54.7 Å². The minimum absolute atomic E-state index is 1.13. The molecule has 24 heavy (non-hydrogen) atoms. The fourth-order valence-electron chi connectivity index (χ4n) is 4.26. The van der Waals surface area contributed by atoms with Crippen molar-refractivity contribution in [1.82, 2.24) is 9.97 Å². The lowest BCUT2D eigenvalue weighted by Gasteiger charge is -2.13. The fraction of sp³-hybridized carbons (Fsp3) is 0.182. The molecule has 0 fully saturated rings. The Labute approximate surface area is 140 Å². The molecule has 118 valence electrons. The van der Waals surface area contributed by atoms with E-state index in [2.05, 4.69) is 58.5 Å². The third-order valence-corrected chi connectivity index (χ3v) is 5.21. The number of aromatic nitrogens is 2. The van der Waals surface area contributed by atoms with Gasteiger partial charge in [0.2, 0.25) is 0 Å². The van der Waals surface area contributed by atoms with Crippen LogP contribution in [0.5, 0.6) is 0 Å². The summed E-state index contributed by atoms with van der Waals surface area (Å²) in [6, 6.07) is 17.6. The van der Waals surface area contributed by atoms with Crippen molar-refractivity contribution in [2.24, 2.45) is 0 Å². The van der Waals surface area contributed by atoms with E-state index in [0.717, 1.165) is 12.8 Å². The summed E-state index contributed by atoms with van der Waals surface area (Å²) < 4.78 is 0. The fourth-order valence-corrected chi connectivity index (χ4v) is 4.26. The molecular weight excluding hydrogens is 292 g/mol. The zero-order chi connectivity index (χ0) is 16.3. The molecule has 1 aliphatic rings. The Morgan fingerprint density at radius 3 is 2.33 bits per heavy atom. The average molecular weight is 312 g/mol. The molecule has 0 radical (unpaired) electrons. The number of hydrogen-bond acceptors (Lipinski definition) is 0. The number of benzene rings is 3. The Morgan fingerprint density at radius 2 is 1.42 bits per heavy atom. The summed E-state index contributed by atoms with van der Waals surface area (Å²) in [5.74, 6) is 0. The predicted molar refractivity (Wildman–Crippen MR) is 104 cm³/mol. The first-order valence-corrected chi connectivity index (χ1v) is 8.86. The second kappa shape index (κ2) is 4.88. The molecule has 2 aromatic heterocycles. The molecule has 1 aliphatic carbocycles. The van der Waals surface area contributed by atoms with Crippen LogP contribution in [0.4, 0.5) is 0 Å². The molecule has 5 aromatic rings. The van der Waals surface area contributed by atoms with Gasteiger partial charge in [0, 0.05) is 32.6 Å². The molecule has 0 atom stereocenters. The monoisotopic (exact) mass is 312 g/mol. The van der Waals surface area contributed by atoms with E-state index in [-0.39, 0.29) is 0 Å². The molecule has 0 aliphatic heterocycles. The maximum absolute atomic E-state index is 3.67. The van der Waals surface area contributed by atoms with Crippen molar-refractivity contribution in [2.45, 2.75) is 26.7 Å². The van der Waals surface area contributed by atoms with Gasteiger partial charge >= 0.3 is 0 Å². The predicted octanol–water partition coefficient (Wildman–Crippen LogP) is 6.08. The Bertz CT molecular complexity index is 1220. The van der Waals surface area contributed by atoms with E-state index >= 15 is 0 Å². The third-order valence-electron chi connectivity index (χ3n) is 5.21. The van der Waals surface area contributed by atoms with Gasteiger partial charge in [-0.2, -0.15) is 0 Å². The maximum Gasteiger partial charge on any atom is 0.0713 e. The van der Waals surface area contributed by atoms with E-state index in [0.29, 0.717) is 0 Å². The van der Waals surface area contributed by atoms with Crippen molar-refractivity contribution >= 4 is 43.6 Å². The molecule has 2 heteroatoms. The molecule has 2 heterocycles. The van der Waals surface area contributed by atoms with Crippen LogP contribution in [-0.2, 0) is 12.8 Å². The lowest BCUT2D eigenvalue weighted by molar-refractivity contribution is 0.971. The minimum Gasteiger partial charge on any atom is -0.353 e. The van der Waals surface area contributed by atoms with Gasteiger partial charge in [0.05, 0.1) is 11.0 Å². The number of aryl methyl sites for hydroxylation is 2.